The summed E-state index contributed by atoms with van der Waals surface area (Å²) in [5, 5.41) is 0. The molecule has 1 fully saturated rings. The molecule has 0 spiro atoms. The van der Waals surface area contributed by atoms with Crippen molar-refractivity contribution in [3.05, 3.63) is 29.8 Å². The lowest BCUT2D eigenvalue weighted by Crippen LogP contribution is -2.13. The zero-order chi connectivity index (χ0) is 12.1. The van der Waals surface area contributed by atoms with Crippen molar-refractivity contribution in [3.63, 3.8) is 0 Å². The van der Waals surface area contributed by atoms with Crippen molar-refractivity contribution in [1.82, 2.24) is 0 Å². The van der Waals surface area contributed by atoms with Gasteiger partial charge >= 0.3 is 0 Å². The maximum Gasteiger partial charge on any atom is 0.141 e. The van der Waals surface area contributed by atoms with E-state index < -0.39 is 0 Å². The Labute approximate surface area is 102 Å². The maximum absolute atomic E-state index is 5.86. The largest absolute Gasteiger partial charge is 0.495 e. The van der Waals surface area contributed by atoms with Crippen LogP contribution in [0.5, 0.6) is 5.75 Å². The Morgan fingerprint density at radius 3 is 2.76 bits per heavy atom. The number of anilines is 1. The van der Waals surface area contributed by atoms with Crippen LogP contribution in [0.1, 0.15) is 18.4 Å². The number of hydrogen-bond donors (Lipinski definition) is 1. The van der Waals surface area contributed by atoms with Gasteiger partial charge in [0.05, 0.1) is 12.8 Å². The van der Waals surface area contributed by atoms with Crippen molar-refractivity contribution in [2.75, 3.05) is 26.1 Å². The molecule has 0 atom stereocenters. The van der Waals surface area contributed by atoms with Gasteiger partial charge in [0.1, 0.15) is 5.75 Å². The van der Waals surface area contributed by atoms with E-state index in [2.05, 4.69) is 12.2 Å². The van der Waals surface area contributed by atoms with Crippen LogP contribution < -0.4 is 10.5 Å². The molecule has 2 rings (SSSR count). The number of allylic oxidation sites excluding steroid dienone is 1. The predicted octanol–water partition coefficient (Wildman–Crippen LogP) is 2.72. The topological polar surface area (TPSA) is 44.5 Å². The lowest BCUT2D eigenvalue weighted by Gasteiger charge is -2.18. The Kier molecular flexibility index (Phi) is 4.04. The fourth-order valence-electron chi connectivity index (χ4n) is 2.01. The van der Waals surface area contributed by atoms with Crippen LogP contribution in [0.15, 0.2) is 24.3 Å². The molecule has 0 saturated carbocycles. The van der Waals surface area contributed by atoms with Crippen molar-refractivity contribution < 1.29 is 9.47 Å². The van der Waals surface area contributed by atoms with E-state index in [0.29, 0.717) is 11.6 Å². The van der Waals surface area contributed by atoms with Crippen LogP contribution >= 0.6 is 0 Å². The van der Waals surface area contributed by atoms with Gasteiger partial charge in [0.15, 0.2) is 0 Å². The van der Waals surface area contributed by atoms with Gasteiger partial charge in [0.25, 0.3) is 0 Å². The molecule has 92 valence electrons. The number of benzene rings is 1. The number of rotatable bonds is 3. The molecule has 0 bridgehead atoms. The smallest absolute Gasteiger partial charge is 0.141 e. The molecule has 0 aliphatic carbocycles. The van der Waals surface area contributed by atoms with Gasteiger partial charge in [-0.15, -0.1) is 0 Å². The normalized spacial score (nSPS) is 17.5. The van der Waals surface area contributed by atoms with Crippen molar-refractivity contribution >= 4 is 11.8 Å². The first-order valence-corrected chi connectivity index (χ1v) is 5.99. The Bertz CT molecular complexity index is 395. The van der Waals surface area contributed by atoms with E-state index >= 15 is 0 Å². The first-order valence-electron chi connectivity index (χ1n) is 5.99. The lowest BCUT2D eigenvalue weighted by molar-refractivity contribution is 0.0787. The molecule has 1 aromatic carbocycles. The zero-order valence-corrected chi connectivity index (χ0v) is 10.2. The highest BCUT2D eigenvalue weighted by Gasteiger charge is 2.09. The molecule has 2 N–H and O–H groups in total. The average molecular weight is 233 g/mol. The van der Waals surface area contributed by atoms with Crippen molar-refractivity contribution in [3.8, 4) is 5.75 Å². The summed E-state index contributed by atoms with van der Waals surface area (Å²) >= 11 is 0. The average Bonchev–Trinajstić information content (AvgIpc) is 2.38. The third-order valence-electron chi connectivity index (χ3n) is 3.08. The first kappa shape index (κ1) is 12.0. The molecular formula is C14H19NO2. The predicted molar refractivity (Wildman–Crippen MR) is 70.0 cm³/mol. The minimum Gasteiger partial charge on any atom is -0.495 e. The summed E-state index contributed by atoms with van der Waals surface area (Å²) in [5.41, 5.74) is 7.66. The van der Waals surface area contributed by atoms with Crippen LogP contribution in [0.4, 0.5) is 5.69 Å². The van der Waals surface area contributed by atoms with Crippen LogP contribution in [0, 0.1) is 5.92 Å². The monoisotopic (exact) mass is 233 g/mol. The SMILES string of the molecule is COc1ccc(/C=C/C2CCOCC2)cc1N. The summed E-state index contributed by atoms with van der Waals surface area (Å²) in [7, 11) is 1.63. The van der Waals surface area contributed by atoms with Crippen molar-refractivity contribution in [1.29, 1.82) is 0 Å². The minimum atomic E-state index is 0.632. The second kappa shape index (κ2) is 5.73. The molecule has 1 saturated heterocycles. The standard InChI is InChI=1S/C14H19NO2/c1-16-14-5-4-12(10-13(14)15)3-2-11-6-8-17-9-7-11/h2-5,10-11H,6-9,15H2,1H3/b3-2+. The van der Waals surface area contributed by atoms with Crippen LogP contribution in [-0.4, -0.2) is 20.3 Å². The lowest BCUT2D eigenvalue weighted by atomic mass is 9.99. The van der Waals surface area contributed by atoms with E-state index in [-0.39, 0.29) is 0 Å². The highest BCUT2D eigenvalue weighted by molar-refractivity contribution is 5.61. The van der Waals surface area contributed by atoms with Crippen LogP contribution in [0.2, 0.25) is 0 Å². The summed E-state index contributed by atoms with van der Waals surface area (Å²) in [6.45, 7) is 1.75. The summed E-state index contributed by atoms with van der Waals surface area (Å²) in [4.78, 5) is 0. The van der Waals surface area contributed by atoms with Gasteiger partial charge < -0.3 is 15.2 Å². The molecule has 0 amide bonds. The maximum atomic E-state index is 5.86. The van der Waals surface area contributed by atoms with Gasteiger partial charge in [-0.3, -0.25) is 0 Å². The van der Waals surface area contributed by atoms with E-state index in [1.165, 1.54) is 0 Å². The third kappa shape index (κ3) is 3.24. The second-order valence-corrected chi connectivity index (χ2v) is 4.31. The van der Waals surface area contributed by atoms with Crippen molar-refractivity contribution in [2.45, 2.75) is 12.8 Å². The number of ether oxygens (including phenoxy) is 2. The second-order valence-electron chi connectivity index (χ2n) is 4.31. The molecule has 3 heteroatoms. The summed E-state index contributed by atoms with van der Waals surface area (Å²) in [6.07, 6.45) is 6.61. The van der Waals surface area contributed by atoms with E-state index in [1.54, 1.807) is 7.11 Å². The molecular weight excluding hydrogens is 214 g/mol. The zero-order valence-electron chi connectivity index (χ0n) is 10.2. The number of nitrogens with two attached hydrogens (primary N) is 1. The molecule has 1 aliphatic rings. The van der Waals surface area contributed by atoms with Gasteiger partial charge in [-0.05, 0) is 36.5 Å². The molecule has 17 heavy (non-hydrogen) atoms. The summed E-state index contributed by atoms with van der Waals surface area (Å²) in [6, 6.07) is 5.86. The quantitative estimate of drug-likeness (QED) is 0.816. The van der Waals surface area contributed by atoms with E-state index in [9.17, 15) is 0 Å². The van der Waals surface area contributed by atoms with Crippen LogP contribution in [0.25, 0.3) is 6.08 Å². The molecule has 1 aliphatic heterocycles. The van der Waals surface area contributed by atoms with Gasteiger partial charge in [0, 0.05) is 13.2 Å². The fourth-order valence-corrected chi connectivity index (χ4v) is 2.01. The Morgan fingerprint density at radius 1 is 1.35 bits per heavy atom. The molecule has 3 nitrogen and oxygen atoms in total. The van der Waals surface area contributed by atoms with Crippen LogP contribution in [-0.2, 0) is 4.74 Å². The highest BCUT2D eigenvalue weighted by Crippen LogP contribution is 2.23. The van der Waals surface area contributed by atoms with Gasteiger partial charge in [0.2, 0.25) is 0 Å². The van der Waals surface area contributed by atoms with E-state index in [4.69, 9.17) is 15.2 Å². The molecule has 0 aromatic heterocycles. The van der Waals surface area contributed by atoms with E-state index in [0.717, 1.165) is 37.4 Å². The number of hydrogen-bond acceptors (Lipinski definition) is 3. The molecule has 0 unspecified atom stereocenters. The van der Waals surface area contributed by atoms with Gasteiger partial charge in [-0.2, -0.15) is 0 Å². The minimum absolute atomic E-state index is 0.632. The number of methoxy groups -OCH3 is 1. The Hall–Kier alpha value is -1.48. The van der Waals surface area contributed by atoms with Crippen LogP contribution in [0.3, 0.4) is 0 Å². The Morgan fingerprint density at radius 2 is 2.12 bits per heavy atom. The van der Waals surface area contributed by atoms with E-state index in [1.807, 2.05) is 18.2 Å². The Balaban J connectivity index is 2.02. The highest BCUT2D eigenvalue weighted by atomic mass is 16.5. The first-order chi connectivity index (χ1) is 8.29. The fraction of sp³-hybridized carbons (Fsp3) is 0.429. The van der Waals surface area contributed by atoms with Gasteiger partial charge in [-0.25, -0.2) is 0 Å². The number of nitrogen functional groups attached to an aromatic ring is 1. The third-order valence-corrected chi connectivity index (χ3v) is 3.08. The summed E-state index contributed by atoms with van der Waals surface area (Å²) in [5.74, 6) is 1.36. The molecule has 1 heterocycles. The van der Waals surface area contributed by atoms with Crippen molar-refractivity contribution in [2.24, 2.45) is 5.92 Å². The van der Waals surface area contributed by atoms with Gasteiger partial charge in [-0.1, -0.05) is 18.2 Å². The molecule has 1 aromatic rings. The summed E-state index contributed by atoms with van der Waals surface area (Å²) < 4.78 is 10.5. The molecule has 0 radical (unpaired) electrons.